The Morgan fingerprint density at radius 3 is 2.77 bits per heavy atom. The summed E-state index contributed by atoms with van der Waals surface area (Å²) in [5.41, 5.74) is 5.27. The Morgan fingerprint density at radius 1 is 1.20 bits per heavy atom. The van der Waals surface area contributed by atoms with Crippen LogP contribution in [0.2, 0.25) is 0 Å². The molecule has 7 nitrogen and oxygen atoms in total. The van der Waals surface area contributed by atoms with Gasteiger partial charge in [0.15, 0.2) is 5.78 Å². The molecule has 4 heterocycles. The highest BCUT2D eigenvalue weighted by Gasteiger charge is 2.22. The van der Waals surface area contributed by atoms with Gasteiger partial charge in [-0.1, -0.05) is 0 Å². The lowest BCUT2D eigenvalue weighted by Crippen LogP contribution is -2.12. The van der Waals surface area contributed by atoms with Gasteiger partial charge in [0.2, 0.25) is 0 Å². The second kappa shape index (κ2) is 8.41. The van der Waals surface area contributed by atoms with Crippen molar-refractivity contribution in [3.05, 3.63) is 65.2 Å². The predicted molar refractivity (Wildman–Crippen MR) is 114 cm³/mol. The van der Waals surface area contributed by atoms with Crippen molar-refractivity contribution in [1.29, 1.82) is 0 Å². The van der Waals surface area contributed by atoms with Crippen molar-refractivity contribution in [2.24, 2.45) is 4.99 Å². The summed E-state index contributed by atoms with van der Waals surface area (Å²) in [6.07, 6.45) is 6.80. The first-order chi connectivity index (χ1) is 14.5. The van der Waals surface area contributed by atoms with Gasteiger partial charge in [-0.15, -0.1) is 0 Å². The predicted octanol–water partition coefficient (Wildman–Crippen LogP) is 3.91. The zero-order valence-electron chi connectivity index (χ0n) is 16.9. The lowest BCUT2D eigenvalue weighted by atomic mass is 10.0. The number of hydrogen-bond donors (Lipinski definition) is 1. The van der Waals surface area contributed by atoms with E-state index in [1.165, 1.54) is 0 Å². The number of fused-ring (bicyclic) bond motifs is 1. The first-order valence-electron chi connectivity index (χ1n) is 9.91. The number of ketones is 1. The number of aliphatic imine (C=N–C) groups is 1. The average molecular weight is 402 g/mol. The van der Waals surface area contributed by atoms with E-state index in [4.69, 9.17) is 4.74 Å². The molecule has 0 radical (unpaired) electrons. The maximum atomic E-state index is 12.6. The smallest absolute Gasteiger partial charge is 0.354 e. The summed E-state index contributed by atoms with van der Waals surface area (Å²) in [7, 11) is 0. The van der Waals surface area contributed by atoms with Crippen LogP contribution < -0.4 is 0 Å². The van der Waals surface area contributed by atoms with Gasteiger partial charge in [0.25, 0.3) is 0 Å². The molecular formula is C23H22N4O3. The first-order valence-corrected chi connectivity index (χ1v) is 9.91. The number of allylic oxidation sites excluding steroid dienone is 1. The van der Waals surface area contributed by atoms with Crippen molar-refractivity contribution in [3.8, 4) is 0 Å². The minimum Gasteiger partial charge on any atom is -0.461 e. The molecule has 1 aliphatic heterocycles. The fourth-order valence-corrected chi connectivity index (χ4v) is 3.49. The van der Waals surface area contributed by atoms with Gasteiger partial charge in [-0.25, -0.2) is 14.8 Å². The quantitative estimate of drug-likeness (QED) is 0.604. The molecule has 0 fully saturated rings. The standard InChI is InChI=1S/C23H22N4O3/c1-3-30-23(29)19-12-16-11-17(13-25-22(16)27-19)21-14(2)10-18(26-21)20(28)5-4-15-6-8-24-9-7-15/h6-9,11-13H,3-5,10H2,1-2H3,(H,25,27). The van der Waals surface area contributed by atoms with E-state index in [0.717, 1.165) is 27.8 Å². The molecule has 0 saturated heterocycles. The van der Waals surface area contributed by atoms with Crippen LogP contribution in [0.15, 0.2) is 53.4 Å². The Hall–Kier alpha value is -3.61. The maximum Gasteiger partial charge on any atom is 0.354 e. The highest BCUT2D eigenvalue weighted by Crippen LogP contribution is 2.30. The van der Waals surface area contributed by atoms with Crippen molar-refractivity contribution in [2.75, 3.05) is 6.61 Å². The summed E-state index contributed by atoms with van der Waals surface area (Å²) in [6, 6.07) is 7.48. The molecule has 0 saturated carbocycles. The number of aromatic nitrogens is 3. The monoisotopic (exact) mass is 402 g/mol. The summed E-state index contributed by atoms with van der Waals surface area (Å²) >= 11 is 0. The van der Waals surface area contributed by atoms with E-state index in [9.17, 15) is 9.59 Å². The van der Waals surface area contributed by atoms with E-state index < -0.39 is 5.97 Å². The SMILES string of the molecule is CCOC(=O)c1cc2cc(C3=C(C)CC(C(=O)CCc4ccncc4)=N3)cnc2[nH]1. The number of pyridine rings is 2. The summed E-state index contributed by atoms with van der Waals surface area (Å²) in [5, 5.41) is 0.795. The Bertz CT molecular complexity index is 1180. The molecule has 0 atom stereocenters. The van der Waals surface area contributed by atoms with Gasteiger partial charge in [-0.2, -0.15) is 0 Å². The second-order valence-electron chi connectivity index (χ2n) is 7.21. The van der Waals surface area contributed by atoms with E-state index in [1.807, 2.05) is 25.1 Å². The number of carbonyl (C=O) groups excluding carboxylic acids is 2. The third kappa shape index (κ3) is 4.05. The molecule has 0 aliphatic carbocycles. The molecular weight excluding hydrogens is 380 g/mol. The number of aryl methyl sites for hydroxylation is 1. The molecule has 0 spiro atoms. The summed E-state index contributed by atoms with van der Waals surface area (Å²) in [5.74, 6) is -0.352. The largest absolute Gasteiger partial charge is 0.461 e. The highest BCUT2D eigenvalue weighted by atomic mass is 16.5. The van der Waals surface area contributed by atoms with Crippen LogP contribution in [0, 0.1) is 0 Å². The molecule has 0 unspecified atom stereocenters. The number of ether oxygens (including phenoxy) is 1. The van der Waals surface area contributed by atoms with Crippen LogP contribution in [-0.2, 0) is 16.0 Å². The van der Waals surface area contributed by atoms with E-state index >= 15 is 0 Å². The van der Waals surface area contributed by atoms with Gasteiger partial charge in [0.05, 0.1) is 18.0 Å². The minimum atomic E-state index is -0.409. The Balaban J connectivity index is 1.52. The van der Waals surface area contributed by atoms with Crippen molar-refractivity contribution in [3.63, 3.8) is 0 Å². The first kappa shape index (κ1) is 19.7. The number of nitrogens with one attached hydrogen (secondary N) is 1. The van der Waals surface area contributed by atoms with Crippen molar-refractivity contribution < 1.29 is 14.3 Å². The summed E-state index contributed by atoms with van der Waals surface area (Å²) in [4.78, 5) is 40.6. The normalized spacial score (nSPS) is 13.6. The molecule has 0 bridgehead atoms. The van der Waals surface area contributed by atoms with Crippen molar-refractivity contribution in [2.45, 2.75) is 33.1 Å². The van der Waals surface area contributed by atoms with Crippen LogP contribution in [0.4, 0.5) is 0 Å². The van der Waals surface area contributed by atoms with Gasteiger partial charge in [-0.3, -0.25) is 9.78 Å². The van der Waals surface area contributed by atoms with Gasteiger partial charge in [0.1, 0.15) is 11.3 Å². The molecule has 4 rings (SSSR count). The number of H-pyrrole nitrogens is 1. The number of esters is 1. The number of Topliss-reactive ketones (excluding diaryl/α,β-unsaturated/α-hetero) is 1. The third-order valence-electron chi connectivity index (χ3n) is 5.03. The number of carbonyl (C=O) groups is 2. The molecule has 152 valence electrons. The van der Waals surface area contributed by atoms with E-state index in [2.05, 4.69) is 19.9 Å². The van der Waals surface area contributed by atoms with E-state index in [0.29, 0.717) is 42.9 Å². The minimum absolute atomic E-state index is 0.0569. The van der Waals surface area contributed by atoms with Gasteiger partial charge in [0, 0.05) is 42.4 Å². The number of hydrogen-bond acceptors (Lipinski definition) is 6. The number of rotatable bonds is 7. The van der Waals surface area contributed by atoms with Crippen LogP contribution in [0.5, 0.6) is 0 Å². The fraction of sp³-hybridized carbons (Fsp3) is 0.261. The maximum absolute atomic E-state index is 12.6. The zero-order chi connectivity index (χ0) is 21.1. The number of nitrogens with zero attached hydrogens (tertiary/aromatic N) is 3. The molecule has 3 aromatic rings. The van der Waals surface area contributed by atoms with Crippen LogP contribution in [0.1, 0.15) is 48.3 Å². The highest BCUT2D eigenvalue weighted by molar-refractivity contribution is 6.42. The molecule has 30 heavy (non-hydrogen) atoms. The molecule has 1 aliphatic rings. The fourth-order valence-electron chi connectivity index (χ4n) is 3.49. The molecule has 7 heteroatoms. The second-order valence-corrected chi connectivity index (χ2v) is 7.21. The summed E-state index contributed by atoms with van der Waals surface area (Å²) in [6.45, 7) is 4.05. The molecule has 0 aromatic carbocycles. The molecule has 3 aromatic heterocycles. The number of aromatic amines is 1. The van der Waals surface area contributed by atoms with Gasteiger partial charge >= 0.3 is 5.97 Å². The van der Waals surface area contributed by atoms with Crippen molar-refractivity contribution in [1.82, 2.24) is 15.0 Å². The Kier molecular flexibility index (Phi) is 5.52. The van der Waals surface area contributed by atoms with Gasteiger partial charge in [-0.05, 0) is 55.7 Å². The van der Waals surface area contributed by atoms with Crippen molar-refractivity contribution >= 4 is 34.2 Å². The van der Waals surface area contributed by atoms with Gasteiger partial charge < -0.3 is 9.72 Å². The van der Waals surface area contributed by atoms with E-state index in [1.54, 1.807) is 31.6 Å². The topological polar surface area (TPSA) is 97.3 Å². The van der Waals surface area contributed by atoms with Crippen LogP contribution in [0.25, 0.3) is 16.7 Å². The molecule has 0 amide bonds. The van der Waals surface area contributed by atoms with Crippen LogP contribution in [0.3, 0.4) is 0 Å². The lowest BCUT2D eigenvalue weighted by Gasteiger charge is -2.01. The van der Waals surface area contributed by atoms with Crippen LogP contribution in [-0.4, -0.2) is 39.0 Å². The molecule has 1 N–H and O–H groups in total. The van der Waals surface area contributed by atoms with Crippen LogP contribution >= 0.6 is 0 Å². The Labute approximate surface area is 173 Å². The average Bonchev–Trinajstić information content (AvgIpc) is 3.36. The lowest BCUT2D eigenvalue weighted by molar-refractivity contribution is -0.113. The Morgan fingerprint density at radius 2 is 2.00 bits per heavy atom. The van der Waals surface area contributed by atoms with E-state index in [-0.39, 0.29) is 5.78 Å². The summed E-state index contributed by atoms with van der Waals surface area (Å²) < 4.78 is 5.03. The zero-order valence-corrected chi connectivity index (χ0v) is 16.9. The third-order valence-corrected chi connectivity index (χ3v) is 5.03.